The van der Waals surface area contributed by atoms with Gasteiger partial charge in [0.15, 0.2) is 0 Å². The lowest BCUT2D eigenvalue weighted by Gasteiger charge is -2.39. The highest BCUT2D eigenvalue weighted by atomic mass is 79.9. The molecule has 1 heterocycles. The molecule has 0 aromatic rings. The second kappa shape index (κ2) is 9.32. The van der Waals surface area contributed by atoms with E-state index >= 15 is 0 Å². The van der Waals surface area contributed by atoms with Crippen molar-refractivity contribution >= 4 is 15.9 Å². The fourth-order valence-corrected chi connectivity index (χ4v) is 3.38. The zero-order valence-electron chi connectivity index (χ0n) is 13.1. The molecule has 0 aliphatic carbocycles. The molecule has 0 saturated carbocycles. The fourth-order valence-electron chi connectivity index (χ4n) is 2.92. The van der Waals surface area contributed by atoms with E-state index in [1.807, 2.05) is 0 Å². The van der Waals surface area contributed by atoms with Crippen molar-refractivity contribution in [1.82, 2.24) is 9.80 Å². The molecule has 0 radical (unpaired) electrons. The summed E-state index contributed by atoms with van der Waals surface area (Å²) in [6, 6.07) is 1.32. The Kier molecular flexibility index (Phi) is 8.54. The minimum absolute atomic E-state index is 0.371. The molecule has 0 spiro atoms. The van der Waals surface area contributed by atoms with Crippen LogP contribution < -0.4 is 0 Å². The molecule has 1 rings (SSSR count). The first kappa shape index (κ1) is 17.4. The number of halogens is 1. The summed E-state index contributed by atoms with van der Waals surface area (Å²) in [7, 11) is 0. The molecule has 1 saturated heterocycles. The predicted molar refractivity (Wildman–Crippen MR) is 86.2 cm³/mol. The Morgan fingerprint density at radius 3 is 2.53 bits per heavy atom. The third-order valence-corrected chi connectivity index (χ3v) is 4.52. The van der Waals surface area contributed by atoms with Gasteiger partial charge in [0.2, 0.25) is 0 Å². The normalized spacial score (nSPS) is 21.8. The zero-order valence-corrected chi connectivity index (χ0v) is 14.7. The van der Waals surface area contributed by atoms with Gasteiger partial charge in [-0.25, -0.2) is 0 Å². The summed E-state index contributed by atoms with van der Waals surface area (Å²) in [5, 5.41) is 1.05. The van der Waals surface area contributed by atoms with Crippen molar-refractivity contribution in [3.05, 3.63) is 0 Å². The Balaban J connectivity index is 2.52. The van der Waals surface area contributed by atoms with Crippen LogP contribution in [0.2, 0.25) is 0 Å². The van der Waals surface area contributed by atoms with Crippen LogP contribution in [0.1, 0.15) is 40.5 Å². The molecule has 0 aromatic carbocycles. The van der Waals surface area contributed by atoms with E-state index in [1.54, 1.807) is 0 Å². The van der Waals surface area contributed by atoms with Crippen LogP contribution in [-0.4, -0.2) is 66.1 Å². The Morgan fingerprint density at radius 1 is 1.32 bits per heavy atom. The Labute approximate surface area is 127 Å². The van der Waals surface area contributed by atoms with E-state index in [2.05, 4.69) is 53.4 Å². The first-order valence-corrected chi connectivity index (χ1v) is 8.90. The van der Waals surface area contributed by atoms with Crippen molar-refractivity contribution in [2.75, 3.05) is 38.1 Å². The van der Waals surface area contributed by atoms with Gasteiger partial charge in [-0.1, -0.05) is 29.8 Å². The van der Waals surface area contributed by atoms with Gasteiger partial charge in [-0.3, -0.25) is 9.80 Å². The Hall–Kier alpha value is 0.360. The molecular formula is C15H31BrN2O. The predicted octanol–water partition coefficient (Wildman–Crippen LogP) is 2.98. The van der Waals surface area contributed by atoms with Crippen LogP contribution in [0.4, 0.5) is 0 Å². The van der Waals surface area contributed by atoms with Crippen LogP contribution >= 0.6 is 15.9 Å². The van der Waals surface area contributed by atoms with Crippen molar-refractivity contribution in [2.24, 2.45) is 0 Å². The van der Waals surface area contributed by atoms with E-state index in [0.29, 0.717) is 18.2 Å². The van der Waals surface area contributed by atoms with Crippen molar-refractivity contribution in [2.45, 2.75) is 58.7 Å². The largest absolute Gasteiger partial charge is 0.374 e. The molecule has 0 amide bonds. The maximum atomic E-state index is 5.98. The quantitative estimate of drug-likeness (QED) is 0.634. The lowest BCUT2D eigenvalue weighted by Crippen LogP contribution is -2.51. The maximum absolute atomic E-state index is 5.98. The molecule has 19 heavy (non-hydrogen) atoms. The first-order valence-electron chi connectivity index (χ1n) is 7.77. The van der Waals surface area contributed by atoms with Crippen molar-refractivity contribution in [3.8, 4) is 0 Å². The number of hydrogen-bond donors (Lipinski definition) is 0. The third-order valence-electron chi connectivity index (χ3n) is 4.17. The zero-order chi connectivity index (χ0) is 14.3. The summed E-state index contributed by atoms with van der Waals surface area (Å²) in [4.78, 5) is 5.14. The molecule has 1 aliphatic heterocycles. The van der Waals surface area contributed by atoms with Gasteiger partial charge in [0.05, 0.1) is 12.7 Å². The smallest absolute Gasteiger partial charge is 0.0829 e. The van der Waals surface area contributed by atoms with Gasteiger partial charge in [0.25, 0.3) is 0 Å². The van der Waals surface area contributed by atoms with E-state index in [4.69, 9.17) is 4.74 Å². The van der Waals surface area contributed by atoms with Crippen molar-refractivity contribution in [1.29, 1.82) is 0 Å². The van der Waals surface area contributed by atoms with Crippen LogP contribution in [0.3, 0.4) is 0 Å². The summed E-state index contributed by atoms with van der Waals surface area (Å²) in [5.41, 5.74) is 0. The average Bonchev–Trinajstić information content (AvgIpc) is 2.40. The lowest BCUT2D eigenvalue weighted by molar-refractivity contribution is -0.0564. The molecule has 1 aliphatic rings. The second-order valence-corrected chi connectivity index (χ2v) is 6.53. The molecule has 0 aromatic heterocycles. The summed E-state index contributed by atoms with van der Waals surface area (Å²) in [6.45, 7) is 14.4. The van der Waals surface area contributed by atoms with Crippen molar-refractivity contribution in [3.63, 3.8) is 0 Å². The summed E-state index contributed by atoms with van der Waals surface area (Å²) in [6.07, 6.45) is 2.82. The molecule has 3 nitrogen and oxygen atoms in total. The third kappa shape index (κ3) is 5.70. The second-order valence-electron chi connectivity index (χ2n) is 5.74. The SMILES string of the molecule is CCC(CC)N(CCBr)CC1CN(C(C)C)CCO1. The monoisotopic (exact) mass is 334 g/mol. The number of hydrogen-bond acceptors (Lipinski definition) is 3. The van der Waals surface area contributed by atoms with Crippen LogP contribution in [0.15, 0.2) is 0 Å². The van der Waals surface area contributed by atoms with Gasteiger partial charge in [-0.2, -0.15) is 0 Å². The lowest BCUT2D eigenvalue weighted by atomic mass is 10.1. The minimum atomic E-state index is 0.371. The summed E-state index contributed by atoms with van der Waals surface area (Å²) in [5.74, 6) is 0. The Bertz CT molecular complexity index is 234. The van der Waals surface area contributed by atoms with Crippen LogP contribution in [0, 0.1) is 0 Å². The van der Waals surface area contributed by atoms with E-state index < -0.39 is 0 Å². The standard InChI is InChI=1S/C15H31BrN2O/c1-5-14(6-2)18(8-7-16)12-15-11-17(13(3)4)9-10-19-15/h13-15H,5-12H2,1-4H3. The molecule has 0 bridgehead atoms. The molecule has 4 heteroatoms. The van der Waals surface area contributed by atoms with E-state index in [-0.39, 0.29) is 0 Å². The summed E-state index contributed by atoms with van der Waals surface area (Å²) >= 11 is 3.58. The first-order chi connectivity index (χ1) is 9.12. The number of nitrogens with zero attached hydrogens (tertiary/aromatic N) is 2. The topological polar surface area (TPSA) is 15.7 Å². The highest BCUT2D eigenvalue weighted by Gasteiger charge is 2.25. The van der Waals surface area contributed by atoms with E-state index in [1.165, 1.54) is 12.8 Å². The van der Waals surface area contributed by atoms with E-state index in [0.717, 1.165) is 38.1 Å². The Morgan fingerprint density at radius 2 is 2.00 bits per heavy atom. The van der Waals surface area contributed by atoms with Gasteiger partial charge in [-0.05, 0) is 26.7 Å². The number of rotatable bonds is 8. The number of alkyl halides is 1. The molecule has 1 unspecified atom stereocenters. The fraction of sp³-hybridized carbons (Fsp3) is 1.00. The molecular weight excluding hydrogens is 304 g/mol. The van der Waals surface area contributed by atoms with Gasteiger partial charge in [0, 0.05) is 43.6 Å². The molecule has 114 valence electrons. The maximum Gasteiger partial charge on any atom is 0.0829 e. The summed E-state index contributed by atoms with van der Waals surface area (Å²) < 4.78 is 5.98. The highest BCUT2D eigenvalue weighted by Crippen LogP contribution is 2.14. The number of morpholine rings is 1. The molecule has 1 fully saturated rings. The number of ether oxygens (including phenoxy) is 1. The van der Waals surface area contributed by atoms with Gasteiger partial charge < -0.3 is 4.74 Å². The molecule has 0 N–H and O–H groups in total. The van der Waals surface area contributed by atoms with Crippen LogP contribution in [-0.2, 0) is 4.74 Å². The van der Waals surface area contributed by atoms with E-state index in [9.17, 15) is 0 Å². The average molecular weight is 335 g/mol. The van der Waals surface area contributed by atoms with Crippen LogP contribution in [0.25, 0.3) is 0 Å². The minimum Gasteiger partial charge on any atom is -0.374 e. The van der Waals surface area contributed by atoms with Crippen LogP contribution in [0.5, 0.6) is 0 Å². The van der Waals surface area contributed by atoms with Gasteiger partial charge in [-0.15, -0.1) is 0 Å². The molecule has 1 atom stereocenters. The van der Waals surface area contributed by atoms with Crippen molar-refractivity contribution < 1.29 is 4.74 Å². The van der Waals surface area contributed by atoms with Gasteiger partial charge >= 0.3 is 0 Å². The van der Waals surface area contributed by atoms with Gasteiger partial charge in [0.1, 0.15) is 0 Å². The highest BCUT2D eigenvalue weighted by molar-refractivity contribution is 9.09.